The lowest BCUT2D eigenvalue weighted by Crippen LogP contribution is -2.40. The largest absolute Gasteiger partial charge is 0.396 e. The molecule has 0 spiro atoms. The molecule has 0 saturated heterocycles. The molecule has 0 saturated carbocycles. The summed E-state index contributed by atoms with van der Waals surface area (Å²) in [5, 5.41) is 15.9. The summed E-state index contributed by atoms with van der Waals surface area (Å²) >= 11 is 0. The Morgan fingerprint density at radius 2 is 1.75 bits per heavy atom. The number of rotatable bonds is 9. The quantitative estimate of drug-likeness (QED) is 0.317. The third-order valence-corrected chi connectivity index (χ3v) is 3.74. The minimum Gasteiger partial charge on any atom is -0.396 e. The highest BCUT2D eigenvalue weighted by Crippen LogP contribution is 2.30. The van der Waals surface area contributed by atoms with Crippen LogP contribution in [-0.4, -0.2) is 37.3 Å². The predicted molar refractivity (Wildman–Crippen MR) is 99.0 cm³/mol. The van der Waals surface area contributed by atoms with Crippen molar-refractivity contribution in [2.45, 2.75) is 53.9 Å². The van der Waals surface area contributed by atoms with Gasteiger partial charge in [-0.1, -0.05) is 27.7 Å². The molecule has 0 radical (unpaired) electrons. The Morgan fingerprint density at radius 3 is 2.15 bits per heavy atom. The number of aliphatic hydroxyl groups excluding tert-OH is 1. The van der Waals surface area contributed by atoms with Crippen LogP contribution in [-0.2, 0) is 0 Å². The fourth-order valence-corrected chi connectivity index (χ4v) is 2.03. The van der Waals surface area contributed by atoms with E-state index in [0.29, 0.717) is 5.92 Å². The van der Waals surface area contributed by atoms with E-state index in [0.717, 1.165) is 44.9 Å². The summed E-state index contributed by atoms with van der Waals surface area (Å²) in [5.74, 6) is 1.49. The van der Waals surface area contributed by atoms with Gasteiger partial charge in [0.2, 0.25) is 0 Å². The zero-order valence-electron chi connectivity index (χ0n) is 13.8. The first kappa shape index (κ1) is 22.2. The lowest BCUT2D eigenvalue weighted by molar-refractivity contribution is 0.175. The first-order chi connectivity index (χ1) is 9.03. The van der Waals surface area contributed by atoms with E-state index in [9.17, 15) is 5.11 Å². The third-order valence-electron chi connectivity index (χ3n) is 3.74. The number of aliphatic hydroxyl groups is 1. The van der Waals surface area contributed by atoms with Crippen LogP contribution >= 0.6 is 24.0 Å². The summed E-state index contributed by atoms with van der Waals surface area (Å²) in [7, 11) is 0. The Hall–Kier alpha value is -0.0400. The number of halogens is 1. The SMILES string of the molecule is CCNC(=NCC(CC)(CC)CCO)NCC(C)C.I. The van der Waals surface area contributed by atoms with Gasteiger partial charge in [-0.25, -0.2) is 0 Å². The van der Waals surface area contributed by atoms with Crippen molar-refractivity contribution in [3.8, 4) is 0 Å². The molecule has 4 nitrogen and oxygen atoms in total. The molecule has 0 aliphatic heterocycles. The van der Waals surface area contributed by atoms with E-state index in [2.05, 4.69) is 45.3 Å². The second-order valence-corrected chi connectivity index (χ2v) is 5.65. The zero-order chi connectivity index (χ0) is 14.7. The van der Waals surface area contributed by atoms with Gasteiger partial charge in [0.05, 0.1) is 0 Å². The van der Waals surface area contributed by atoms with Gasteiger partial charge in [-0.15, -0.1) is 24.0 Å². The van der Waals surface area contributed by atoms with Crippen molar-refractivity contribution >= 4 is 29.9 Å². The molecule has 0 amide bonds. The second kappa shape index (κ2) is 12.7. The van der Waals surface area contributed by atoms with Crippen LogP contribution in [0.3, 0.4) is 0 Å². The van der Waals surface area contributed by atoms with Crippen LogP contribution in [0.15, 0.2) is 4.99 Å². The van der Waals surface area contributed by atoms with Gasteiger partial charge >= 0.3 is 0 Å². The number of guanidine groups is 1. The van der Waals surface area contributed by atoms with E-state index in [1.807, 2.05) is 0 Å². The zero-order valence-corrected chi connectivity index (χ0v) is 16.2. The van der Waals surface area contributed by atoms with Gasteiger partial charge in [0.25, 0.3) is 0 Å². The lowest BCUT2D eigenvalue weighted by atomic mass is 9.79. The van der Waals surface area contributed by atoms with E-state index in [1.165, 1.54) is 0 Å². The van der Waals surface area contributed by atoms with Gasteiger partial charge in [-0.2, -0.15) is 0 Å². The van der Waals surface area contributed by atoms with Crippen LogP contribution in [0.5, 0.6) is 0 Å². The van der Waals surface area contributed by atoms with Gasteiger partial charge in [0, 0.05) is 26.2 Å². The monoisotopic (exact) mass is 399 g/mol. The Labute approximate surface area is 142 Å². The first-order valence-corrected chi connectivity index (χ1v) is 7.66. The first-order valence-electron chi connectivity index (χ1n) is 7.66. The minimum absolute atomic E-state index is 0. The van der Waals surface area contributed by atoms with Crippen molar-refractivity contribution < 1.29 is 5.11 Å². The van der Waals surface area contributed by atoms with Crippen LogP contribution in [0.1, 0.15) is 53.9 Å². The van der Waals surface area contributed by atoms with Crippen molar-refractivity contribution in [2.75, 3.05) is 26.2 Å². The topological polar surface area (TPSA) is 56.7 Å². The summed E-state index contributed by atoms with van der Waals surface area (Å²) in [6.07, 6.45) is 2.93. The van der Waals surface area contributed by atoms with Crippen molar-refractivity contribution in [1.29, 1.82) is 0 Å². The molecule has 0 aliphatic carbocycles. The maximum Gasteiger partial charge on any atom is 0.191 e. The molecule has 5 heteroatoms. The molecule has 0 heterocycles. The normalized spacial score (nSPS) is 12.2. The minimum atomic E-state index is 0. The Balaban J connectivity index is 0. The molecular weight excluding hydrogens is 365 g/mol. The van der Waals surface area contributed by atoms with Crippen molar-refractivity contribution in [3.05, 3.63) is 0 Å². The highest BCUT2D eigenvalue weighted by atomic mass is 127. The van der Waals surface area contributed by atoms with E-state index in [1.54, 1.807) is 0 Å². The molecule has 3 N–H and O–H groups in total. The van der Waals surface area contributed by atoms with Crippen molar-refractivity contribution in [3.63, 3.8) is 0 Å². The second-order valence-electron chi connectivity index (χ2n) is 5.65. The van der Waals surface area contributed by atoms with E-state index in [-0.39, 0.29) is 36.0 Å². The average molecular weight is 399 g/mol. The van der Waals surface area contributed by atoms with Gasteiger partial charge in [0.1, 0.15) is 0 Å². The van der Waals surface area contributed by atoms with Gasteiger partial charge < -0.3 is 15.7 Å². The number of hydrogen-bond acceptors (Lipinski definition) is 2. The standard InChI is InChI=1S/C15H33N3O.HI/c1-6-15(7-2,9-10-19)12-18-14(16-8-3)17-11-13(4)5;/h13,19H,6-12H2,1-5H3,(H2,16,17,18);1H. The summed E-state index contributed by atoms with van der Waals surface area (Å²) in [5.41, 5.74) is 0.134. The molecule has 0 aromatic rings. The maximum atomic E-state index is 9.23. The molecule has 0 atom stereocenters. The molecule has 0 bridgehead atoms. The molecular formula is C15H34IN3O. The molecule has 122 valence electrons. The Bertz CT molecular complexity index is 254. The fourth-order valence-electron chi connectivity index (χ4n) is 2.03. The number of nitrogens with one attached hydrogen (secondary N) is 2. The van der Waals surface area contributed by atoms with Crippen molar-refractivity contribution in [1.82, 2.24) is 10.6 Å². The van der Waals surface area contributed by atoms with Gasteiger partial charge in [0.15, 0.2) is 5.96 Å². The lowest BCUT2D eigenvalue weighted by Gasteiger charge is -2.29. The van der Waals surface area contributed by atoms with E-state index in [4.69, 9.17) is 4.99 Å². The van der Waals surface area contributed by atoms with Crippen LogP contribution in [0.25, 0.3) is 0 Å². The Kier molecular flexibility index (Phi) is 14.1. The Morgan fingerprint density at radius 1 is 1.15 bits per heavy atom. The van der Waals surface area contributed by atoms with Crippen LogP contribution < -0.4 is 10.6 Å². The predicted octanol–water partition coefficient (Wildman–Crippen LogP) is 3.00. The molecule has 0 rings (SSSR count). The summed E-state index contributed by atoms with van der Waals surface area (Å²) in [6, 6.07) is 0. The van der Waals surface area contributed by atoms with E-state index < -0.39 is 0 Å². The number of hydrogen-bond donors (Lipinski definition) is 3. The molecule has 0 aromatic carbocycles. The highest BCUT2D eigenvalue weighted by molar-refractivity contribution is 14.0. The molecule has 0 aromatic heterocycles. The summed E-state index contributed by atoms with van der Waals surface area (Å²) in [4.78, 5) is 4.70. The summed E-state index contributed by atoms with van der Waals surface area (Å²) in [6.45, 7) is 13.6. The average Bonchev–Trinajstić information content (AvgIpc) is 2.40. The van der Waals surface area contributed by atoms with Crippen LogP contribution in [0.2, 0.25) is 0 Å². The number of nitrogens with zero attached hydrogens (tertiary/aromatic N) is 1. The van der Waals surface area contributed by atoms with Gasteiger partial charge in [-0.3, -0.25) is 4.99 Å². The third kappa shape index (κ3) is 9.00. The van der Waals surface area contributed by atoms with Crippen LogP contribution in [0.4, 0.5) is 0 Å². The van der Waals surface area contributed by atoms with E-state index >= 15 is 0 Å². The summed E-state index contributed by atoms with van der Waals surface area (Å²) < 4.78 is 0. The molecule has 0 aliphatic rings. The molecule has 0 unspecified atom stereocenters. The van der Waals surface area contributed by atoms with Crippen LogP contribution in [0, 0.1) is 11.3 Å². The molecule has 0 fully saturated rings. The molecule has 20 heavy (non-hydrogen) atoms. The fraction of sp³-hybridized carbons (Fsp3) is 0.933. The highest BCUT2D eigenvalue weighted by Gasteiger charge is 2.25. The van der Waals surface area contributed by atoms with Gasteiger partial charge in [-0.05, 0) is 37.5 Å². The van der Waals surface area contributed by atoms with Crippen molar-refractivity contribution in [2.24, 2.45) is 16.3 Å². The number of aliphatic imine (C=N–C) groups is 1. The smallest absolute Gasteiger partial charge is 0.191 e. The maximum absolute atomic E-state index is 9.23.